The Morgan fingerprint density at radius 1 is 0.396 bits per heavy atom. The second-order valence-corrected chi connectivity index (χ2v) is 14.1. The van der Waals surface area contributed by atoms with Crippen molar-refractivity contribution < 1.29 is 4.42 Å². The number of anilines is 3. The third-order valence-corrected chi connectivity index (χ3v) is 11.3. The van der Waals surface area contributed by atoms with Gasteiger partial charge in [0, 0.05) is 55.8 Å². The largest absolute Gasteiger partial charge is 0.456 e. The third kappa shape index (κ3) is 3.99. The van der Waals surface area contributed by atoms with Crippen LogP contribution in [-0.4, -0.2) is 4.57 Å². The van der Waals surface area contributed by atoms with Crippen molar-refractivity contribution in [2.75, 3.05) is 4.90 Å². The number of para-hydroxylation sites is 3. The quantitative estimate of drug-likeness (QED) is 0.173. The molecule has 0 fully saturated rings. The van der Waals surface area contributed by atoms with Gasteiger partial charge in [-0.05, 0) is 93.3 Å². The first-order valence-corrected chi connectivity index (χ1v) is 18.2. The molecule has 0 spiro atoms. The maximum Gasteiger partial charge on any atom is 0.137 e. The molecular weight excluding hydrogens is 645 g/mol. The Labute approximate surface area is 305 Å². The summed E-state index contributed by atoms with van der Waals surface area (Å²) in [7, 11) is 0. The standard InChI is InChI=1S/C50H30N2O/c1-2-14-33(15-3-1)52-43-21-8-6-17-37(43)38-26-24-34(29-45(38)52)51(35-25-27-40-39-18-7-9-23-46(39)53-47(40)30-35)44-22-11-20-42-41-19-10-13-32-28-31-12-4-5-16-36(31)50(48(32)41)49(42)44/h1-30H. The van der Waals surface area contributed by atoms with E-state index in [0.717, 1.165) is 50.2 Å². The van der Waals surface area contributed by atoms with Crippen molar-refractivity contribution in [3.05, 3.63) is 182 Å². The SMILES string of the molecule is c1ccc(-n2c3ccccc3c3ccc(N(c4ccc5c(c4)oc4ccccc45)c4cccc5c4-c4c6ccccc6cc6cccc-5c46)cc32)cc1. The van der Waals surface area contributed by atoms with Crippen LogP contribution in [0.3, 0.4) is 0 Å². The Morgan fingerprint density at radius 3 is 1.96 bits per heavy atom. The highest BCUT2D eigenvalue weighted by Gasteiger charge is 2.29. The lowest BCUT2D eigenvalue weighted by molar-refractivity contribution is 0.669. The zero-order valence-corrected chi connectivity index (χ0v) is 28.6. The van der Waals surface area contributed by atoms with Crippen molar-refractivity contribution in [2.24, 2.45) is 0 Å². The Bertz CT molecular complexity index is 3290. The molecule has 0 saturated carbocycles. The van der Waals surface area contributed by atoms with Gasteiger partial charge < -0.3 is 13.9 Å². The lowest BCUT2D eigenvalue weighted by atomic mass is 9.94. The highest BCUT2D eigenvalue weighted by atomic mass is 16.3. The molecule has 0 bridgehead atoms. The smallest absolute Gasteiger partial charge is 0.137 e. The molecule has 3 nitrogen and oxygen atoms in total. The van der Waals surface area contributed by atoms with Gasteiger partial charge in [0.2, 0.25) is 0 Å². The van der Waals surface area contributed by atoms with Crippen LogP contribution in [0.2, 0.25) is 0 Å². The predicted molar refractivity (Wildman–Crippen MR) is 222 cm³/mol. The number of aromatic nitrogens is 1. The molecule has 2 aromatic heterocycles. The lowest BCUT2D eigenvalue weighted by Crippen LogP contribution is -2.11. The molecule has 0 atom stereocenters. The van der Waals surface area contributed by atoms with Crippen molar-refractivity contribution in [3.8, 4) is 27.9 Å². The van der Waals surface area contributed by atoms with Crippen LogP contribution in [0.25, 0.3) is 93.2 Å². The Hall–Kier alpha value is -7.10. The molecule has 0 aliphatic heterocycles. The summed E-state index contributed by atoms with van der Waals surface area (Å²) in [5, 5.41) is 9.81. The van der Waals surface area contributed by atoms with Gasteiger partial charge >= 0.3 is 0 Å². The third-order valence-electron chi connectivity index (χ3n) is 11.3. The average Bonchev–Trinajstić information content (AvgIpc) is 3.87. The van der Waals surface area contributed by atoms with Gasteiger partial charge in [0.05, 0.1) is 16.7 Å². The summed E-state index contributed by atoms with van der Waals surface area (Å²) >= 11 is 0. The van der Waals surface area contributed by atoms with E-state index in [1.165, 1.54) is 60.1 Å². The van der Waals surface area contributed by atoms with E-state index in [1.54, 1.807) is 0 Å². The fraction of sp³-hybridized carbons (Fsp3) is 0. The number of nitrogens with zero attached hydrogens (tertiary/aromatic N) is 2. The van der Waals surface area contributed by atoms with Gasteiger partial charge in [0.15, 0.2) is 0 Å². The zero-order chi connectivity index (χ0) is 34.6. The topological polar surface area (TPSA) is 21.3 Å². The maximum absolute atomic E-state index is 6.52. The van der Waals surface area contributed by atoms with Gasteiger partial charge in [-0.1, -0.05) is 115 Å². The summed E-state index contributed by atoms with van der Waals surface area (Å²) in [6.07, 6.45) is 0. The van der Waals surface area contributed by atoms with Gasteiger partial charge in [-0.15, -0.1) is 0 Å². The van der Waals surface area contributed by atoms with Crippen LogP contribution < -0.4 is 4.90 Å². The molecule has 9 aromatic carbocycles. The monoisotopic (exact) mass is 674 g/mol. The minimum atomic E-state index is 0.872. The van der Waals surface area contributed by atoms with Gasteiger partial charge in [-0.3, -0.25) is 0 Å². The van der Waals surface area contributed by atoms with E-state index in [2.05, 4.69) is 185 Å². The highest BCUT2D eigenvalue weighted by molar-refractivity contribution is 6.26. The van der Waals surface area contributed by atoms with Crippen molar-refractivity contribution in [2.45, 2.75) is 0 Å². The molecule has 0 amide bonds. The highest BCUT2D eigenvalue weighted by Crippen LogP contribution is 2.56. The molecule has 2 heterocycles. The zero-order valence-electron chi connectivity index (χ0n) is 28.6. The Balaban J connectivity index is 1.19. The first-order chi connectivity index (χ1) is 26.3. The summed E-state index contributed by atoms with van der Waals surface area (Å²) < 4.78 is 8.92. The summed E-state index contributed by atoms with van der Waals surface area (Å²) in [5.41, 5.74) is 13.6. The Morgan fingerprint density at radius 2 is 1.06 bits per heavy atom. The van der Waals surface area contributed by atoms with E-state index in [9.17, 15) is 0 Å². The van der Waals surface area contributed by atoms with Crippen LogP contribution >= 0.6 is 0 Å². The lowest BCUT2D eigenvalue weighted by Gasteiger charge is -2.28. The van der Waals surface area contributed by atoms with E-state index in [4.69, 9.17) is 4.42 Å². The van der Waals surface area contributed by atoms with Crippen LogP contribution in [0.1, 0.15) is 0 Å². The molecule has 12 rings (SSSR count). The van der Waals surface area contributed by atoms with E-state index >= 15 is 0 Å². The number of hydrogen-bond acceptors (Lipinski definition) is 2. The first-order valence-electron chi connectivity index (χ1n) is 18.2. The van der Waals surface area contributed by atoms with Crippen molar-refractivity contribution in [3.63, 3.8) is 0 Å². The summed E-state index contributed by atoms with van der Waals surface area (Å²) in [6.45, 7) is 0. The molecule has 0 saturated heterocycles. The molecule has 0 unspecified atom stereocenters. The van der Waals surface area contributed by atoms with Crippen LogP contribution in [0, 0.1) is 0 Å². The second-order valence-electron chi connectivity index (χ2n) is 14.1. The molecule has 3 heteroatoms. The van der Waals surface area contributed by atoms with Crippen LogP contribution in [0.4, 0.5) is 17.1 Å². The fourth-order valence-electron chi connectivity index (χ4n) is 9.05. The minimum Gasteiger partial charge on any atom is -0.456 e. The molecule has 53 heavy (non-hydrogen) atoms. The molecule has 0 N–H and O–H groups in total. The Kier molecular flexibility index (Phi) is 5.77. The number of benzene rings is 9. The summed E-state index contributed by atoms with van der Waals surface area (Å²) in [6, 6.07) is 66.1. The molecule has 246 valence electrons. The molecular formula is C50H30N2O. The van der Waals surface area contributed by atoms with Crippen molar-refractivity contribution in [1.82, 2.24) is 4.57 Å². The van der Waals surface area contributed by atoms with Crippen LogP contribution in [0.5, 0.6) is 0 Å². The normalized spacial score (nSPS) is 12.2. The van der Waals surface area contributed by atoms with Gasteiger partial charge in [0.1, 0.15) is 11.2 Å². The predicted octanol–water partition coefficient (Wildman–Crippen LogP) is 14.1. The average molecular weight is 675 g/mol. The van der Waals surface area contributed by atoms with E-state index in [1.807, 2.05) is 6.07 Å². The molecule has 1 aliphatic carbocycles. The first kappa shape index (κ1) is 28.6. The van der Waals surface area contributed by atoms with Gasteiger partial charge in [-0.25, -0.2) is 0 Å². The maximum atomic E-state index is 6.52. The number of hydrogen-bond donors (Lipinski definition) is 0. The van der Waals surface area contributed by atoms with E-state index in [-0.39, 0.29) is 0 Å². The van der Waals surface area contributed by atoms with Crippen LogP contribution in [0.15, 0.2) is 186 Å². The van der Waals surface area contributed by atoms with Gasteiger partial charge in [0.25, 0.3) is 0 Å². The fourth-order valence-corrected chi connectivity index (χ4v) is 9.05. The van der Waals surface area contributed by atoms with E-state index < -0.39 is 0 Å². The van der Waals surface area contributed by atoms with E-state index in [0.29, 0.717) is 0 Å². The molecule has 11 aromatic rings. The van der Waals surface area contributed by atoms with Crippen molar-refractivity contribution >= 4 is 82.4 Å². The number of fused-ring (bicyclic) bond motifs is 11. The molecule has 1 aliphatic rings. The van der Waals surface area contributed by atoms with Gasteiger partial charge in [-0.2, -0.15) is 0 Å². The minimum absolute atomic E-state index is 0.872. The second kappa shape index (κ2) is 10.7. The van der Waals surface area contributed by atoms with Crippen LogP contribution in [-0.2, 0) is 0 Å². The number of furan rings is 1. The number of rotatable bonds is 4. The van der Waals surface area contributed by atoms with Crippen molar-refractivity contribution in [1.29, 1.82) is 0 Å². The summed E-state index contributed by atoms with van der Waals surface area (Å²) in [5.74, 6) is 0. The summed E-state index contributed by atoms with van der Waals surface area (Å²) in [4.78, 5) is 2.44. The molecule has 0 radical (unpaired) electrons.